The SMILES string of the molecule is CC1(C)CCC(O)(CNC(=O)Nc2ccccc2F)CC1. The topological polar surface area (TPSA) is 61.4 Å². The largest absolute Gasteiger partial charge is 0.388 e. The molecule has 21 heavy (non-hydrogen) atoms. The average Bonchev–Trinajstić information content (AvgIpc) is 2.43. The fraction of sp³-hybridized carbons (Fsp3) is 0.562. The van der Waals surface area contributed by atoms with Crippen molar-refractivity contribution in [2.24, 2.45) is 5.41 Å². The maximum Gasteiger partial charge on any atom is 0.319 e. The molecule has 0 aliphatic heterocycles. The zero-order valence-electron chi connectivity index (χ0n) is 12.6. The highest BCUT2D eigenvalue weighted by atomic mass is 19.1. The molecule has 3 N–H and O–H groups in total. The number of urea groups is 1. The molecule has 0 bridgehead atoms. The molecular formula is C16H23FN2O2. The van der Waals surface area contributed by atoms with Crippen molar-refractivity contribution >= 4 is 11.7 Å². The number of hydrogen-bond donors (Lipinski definition) is 3. The van der Waals surface area contributed by atoms with Gasteiger partial charge >= 0.3 is 6.03 Å². The lowest BCUT2D eigenvalue weighted by Crippen LogP contribution is -2.47. The van der Waals surface area contributed by atoms with Crippen molar-refractivity contribution < 1.29 is 14.3 Å². The van der Waals surface area contributed by atoms with E-state index in [9.17, 15) is 14.3 Å². The number of carbonyl (C=O) groups excluding carboxylic acids is 1. The van der Waals surface area contributed by atoms with Gasteiger partial charge in [-0.05, 0) is 43.2 Å². The normalized spacial score (nSPS) is 19.8. The number of halogens is 1. The third-order valence-corrected chi connectivity index (χ3v) is 4.23. The predicted molar refractivity (Wildman–Crippen MR) is 80.6 cm³/mol. The third kappa shape index (κ3) is 4.43. The molecule has 1 aromatic carbocycles. The van der Waals surface area contributed by atoms with E-state index in [4.69, 9.17) is 0 Å². The van der Waals surface area contributed by atoms with Crippen LogP contribution in [0.1, 0.15) is 39.5 Å². The molecule has 2 rings (SSSR count). The fourth-order valence-electron chi connectivity index (χ4n) is 2.54. The van der Waals surface area contributed by atoms with Gasteiger partial charge in [0.05, 0.1) is 11.3 Å². The number of hydrogen-bond acceptors (Lipinski definition) is 2. The van der Waals surface area contributed by atoms with Crippen LogP contribution < -0.4 is 10.6 Å². The summed E-state index contributed by atoms with van der Waals surface area (Å²) in [6.07, 6.45) is 3.19. The lowest BCUT2D eigenvalue weighted by atomic mass is 9.71. The first kappa shape index (κ1) is 15.8. The number of benzene rings is 1. The van der Waals surface area contributed by atoms with Gasteiger partial charge in [-0.2, -0.15) is 0 Å². The Labute approximate surface area is 124 Å². The Morgan fingerprint density at radius 1 is 1.24 bits per heavy atom. The smallest absolute Gasteiger partial charge is 0.319 e. The first-order valence-electron chi connectivity index (χ1n) is 7.32. The lowest BCUT2D eigenvalue weighted by Gasteiger charge is -2.40. The van der Waals surface area contributed by atoms with Gasteiger partial charge in [-0.25, -0.2) is 9.18 Å². The van der Waals surface area contributed by atoms with E-state index in [1.807, 2.05) is 0 Å². The van der Waals surface area contributed by atoms with Crippen LogP contribution in [-0.2, 0) is 0 Å². The summed E-state index contributed by atoms with van der Waals surface area (Å²) in [5.41, 5.74) is -0.476. The Bertz CT molecular complexity index is 507. The Morgan fingerprint density at radius 3 is 2.48 bits per heavy atom. The molecule has 5 heteroatoms. The van der Waals surface area contributed by atoms with E-state index in [1.165, 1.54) is 12.1 Å². The highest BCUT2D eigenvalue weighted by Gasteiger charge is 2.36. The van der Waals surface area contributed by atoms with Gasteiger partial charge < -0.3 is 15.7 Å². The van der Waals surface area contributed by atoms with Crippen LogP contribution in [0, 0.1) is 11.2 Å². The van der Waals surface area contributed by atoms with E-state index >= 15 is 0 Å². The lowest BCUT2D eigenvalue weighted by molar-refractivity contribution is -0.0220. The number of nitrogens with one attached hydrogen (secondary N) is 2. The van der Waals surface area contributed by atoms with Crippen LogP contribution in [0.3, 0.4) is 0 Å². The molecule has 0 radical (unpaired) electrons. The molecule has 0 unspecified atom stereocenters. The van der Waals surface area contributed by atoms with Gasteiger partial charge in [-0.1, -0.05) is 26.0 Å². The minimum absolute atomic E-state index is 0.131. The second-order valence-corrected chi connectivity index (χ2v) is 6.68. The molecule has 4 nitrogen and oxygen atoms in total. The minimum atomic E-state index is -0.859. The van der Waals surface area contributed by atoms with Gasteiger partial charge in [0.15, 0.2) is 0 Å². The zero-order chi connectivity index (χ0) is 15.5. The zero-order valence-corrected chi connectivity index (χ0v) is 12.6. The summed E-state index contributed by atoms with van der Waals surface area (Å²) in [4.78, 5) is 11.8. The summed E-state index contributed by atoms with van der Waals surface area (Å²) in [6.45, 7) is 4.55. The number of amides is 2. The van der Waals surface area contributed by atoms with Crippen LogP contribution in [0.25, 0.3) is 0 Å². The van der Waals surface area contributed by atoms with E-state index in [1.54, 1.807) is 12.1 Å². The molecule has 0 atom stereocenters. The Balaban J connectivity index is 1.83. The van der Waals surface area contributed by atoms with Crippen LogP contribution in [0.2, 0.25) is 0 Å². The van der Waals surface area contributed by atoms with E-state index in [-0.39, 0.29) is 17.6 Å². The predicted octanol–water partition coefficient (Wildman–Crippen LogP) is 3.28. The Kier molecular flexibility index (Phi) is 4.52. The van der Waals surface area contributed by atoms with Crippen LogP contribution in [-0.4, -0.2) is 23.3 Å². The maximum atomic E-state index is 13.4. The number of aliphatic hydroxyl groups is 1. The van der Waals surface area contributed by atoms with E-state index in [0.29, 0.717) is 12.8 Å². The maximum absolute atomic E-state index is 13.4. The summed E-state index contributed by atoms with van der Waals surface area (Å²) in [7, 11) is 0. The molecular weight excluding hydrogens is 271 g/mol. The summed E-state index contributed by atoms with van der Waals surface area (Å²) in [6, 6.07) is 5.48. The standard InChI is InChI=1S/C16H23FN2O2/c1-15(2)7-9-16(21,10-8-15)11-18-14(20)19-13-6-4-3-5-12(13)17/h3-6,21H,7-11H2,1-2H3,(H2,18,19,20). The van der Waals surface area contributed by atoms with E-state index < -0.39 is 17.4 Å². The van der Waals surface area contributed by atoms with Gasteiger partial charge in [-0.3, -0.25) is 0 Å². The van der Waals surface area contributed by atoms with Gasteiger partial charge in [0, 0.05) is 6.54 Å². The van der Waals surface area contributed by atoms with Crippen molar-refractivity contribution in [3.63, 3.8) is 0 Å². The summed E-state index contributed by atoms with van der Waals surface area (Å²) in [5, 5.41) is 15.5. The molecule has 1 aromatic rings. The molecule has 1 fully saturated rings. The first-order valence-corrected chi connectivity index (χ1v) is 7.32. The van der Waals surface area contributed by atoms with E-state index in [2.05, 4.69) is 24.5 Å². The molecule has 2 amide bonds. The van der Waals surface area contributed by atoms with Crippen molar-refractivity contribution in [2.75, 3.05) is 11.9 Å². The third-order valence-electron chi connectivity index (χ3n) is 4.23. The molecule has 1 aliphatic carbocycles. The van der Waals surface area contributed by atoms with Crippen LogP contribution in [0.15, 0.2) is 24.3 Å². The van der Waals surface area contributed by atoms with Crippen molar-refractivity contribution in [1.29, 1.82) is 0 Å². The van der Waals surface area contributed by atoms with Crippen molar-refractivity contribution in [2.45, 2.75) is 45.1 Å². The number of anilines is 1. The van der Waals surface area contributed by atoms with Crippen molar-refractivity contribution in [1.82, 2.24) is 5.32 Å². The number of rotatable bonds is 3. The highest BCUT2D eigenvalue weighted by Crippen LogP contribution is 2.39. The van der Waals surface area contributed by atoms with Gasteiger partial charge in [-0.15, -0.1) is 0 Å². The van der Waals surface area contributed by atoms with Gasteiger partial charge in [0.1, 0.15) is 5.82 Å². The highest BCUT2D eigenvalue weighted by molar-refractivity contribution is 5.89. The first-order chi connectivity index (χ1) is 9.80. The van der Waals surface area contributed by atoms with Gasteiger partial charge in [0.2, 0.25) is 0 Å². The van der Waals surface area contributed by atoms with Gasteiger partial charge in [0.25, 0.3) is 0 Å². The average molecular weight is 294 g/mol. The number of carbonyl (C=O) groups is 1. The molecule has 0 heterocycles. The second-order valence-electron chi connectivity index (χ2n) is 6.68. The Hall–Kier alpha value is -1.62. The quantitative estimate of drug-likeness (QED) is 0.801. The molecule has 0 saturated heterocycles. The summed E-state index contributed by atoms with van der Waals surface area (Å²) >= 11 is 0. The molecule has 0 spiro atoms. The van der Waals surface area contributed by atoms with Crippen molar-refractivity contribution in [3.8, 4) is 0 Å². The fourth-order valence-corrected chi connectivity index (χ4v) is 2.54. The second kappa shape index (κ2) is 6.02. The summed E-state index contributed by atoms with van der Waals surface area (Å²) < 4.78 is 13.4. The van der Waals surface area contributed by atoms with Crippen molar-refractivity contribution in [3.05, 3.63) is 30.1 Å². The van der Waals surface area contributed by atoms with Crippen LogP contribution in [0.5, 0.6) is 0 Å². The van der Waals surface area contributed by atoms with Crippen LogP contribution >= 0.6 is 0 Å². The number of para-hydroxylation sites is 1. The Morgan fingerprint density at radius 2 is 1.86 bits per heavy atom. The molecule has 1 saturated carbocycles. The monoisotopic (exact) mass is 294 g/mol. The molecule has 1 aliphatic rings. The van der Waals surface area contributed by atoms with Crippen LogP contribution in [0.4, 0.5) is 14.9 Å². The van der Waals surface area contributed by atoms with E-state index in [0.717, 1.165) is 12.8 Å². The summed E-state index contributed by atoms with van der Waals surface area (Å²) in [5.74, 6) is -0.481. The molecule has 0 aromatic heterocycles. The molecule has 116 valence electrons. The minimum Gasteiger partial charge on any atom is -0.388 e.